The summed E-state index contributed by atoms with van der Waals surface area (Å²) in [6.07, 6.45) is 3.98. The molecular formula is C15H25N3O2. The first-order valence-corrected chi connectivity index (χ1v) is 6.71. The van der Waals surface area contributed by atoms with Gasteiger partial charge in [-0.05, 0) is 46.1 Å². The van der Waals surface area contributed by atoms with Crippen LogP contribution in [0.2, 0.25) is 0 Å². The first kappa shape index (κ1) is 18.0. The number of carbonyl (C=O) groups is 1. The van der Waals surface area contributed by atoms with E-state index in [2.05, 4.69) is 5.32 Å². The van der Waals surface area contributed by atoms with Gasteiger partial charge in [0.25, 0.3) is 0 Å². The Morgan fingerprint density at radius 2 is 2.10 bits per heavy atom. The maximum absolute atomic E-state index is 11.5. The molecule has 5 nitrogen and oxygen atoms in total. The molecule has 0 aromatic carbocycles. The molecule has 0 rings (SSSR count). The van der Waals surface area contributed by atoms with Gasteiger partial charge in [0.15, 0.2) is 0 Å². The van der Waals surface area contributed by atoms with Gasteiger partial charge in [0.1, 0.15) is 11.7 Å². The van der Waals surface area contributed by atoms with Gasteiger partial charge in [-0.2, -0.15) is 5.26 Å². The van der Waals surface area contributed by atoms with E-state index < -0.39 is 11.7 Å². The molecule has 0 spiro atoms. The molecule has 112 valence electrons. The number of nitriles is 1. The summed E-state index contributed by atoms with van der Waals surface area (Å²) in [5.41, 5.74) is 6.01. The van der Waals surface area contributed by atoms with Crippen LogP contribution in [0.4, 0.5) is 4.79 Å². The van der Waals surface area contributed by atoms with E-state index in [-0.39, 0.29) is 5.92 Å². The molecule has 0 bridgehead atoms. The van der Waals surface area contributed by atoms with Crippen molar-refractivity contribution in [1.29, 1.82) is 5.26 Å². The third kappa shape index (κ3) is 8.20. The van der Waals surface area contributed by atoms with Crippen molar-refractivity contribution in [3.05, 3.63) is 23.4 Å². The van der Waals surface area contributed by atoms with Gasteiger partial charge in [0.2, 0.25) is 0 Å². The lowest BCUT2D eigenvalue weighted by Gasteiger charge is -2.20. The number of allylic oxidation sites excluding steroid dienone is 3. The molecule has 3 N–H and O–H groups in total. The number of alkyl carbamates (subject to hydrolysis) is 1. The Bertz CT molecular complexity index is 421. The van der Waals surface area contributed by atoms with Crippen molar-refractivity contribution in [3.63, 3.8) is 0 Å². The van der Waals surface area contributed by atoms with Crippen LogP contribution in [-0.4, -0.2) is 18.2 Å². The molecule has 1 unspecified atom stereocenters. The van der Waals surface area contributed by atoms with Crippen LogP contribution in [0.25, 0.3) is 0 Å². The number of carbonyl (C=O) groups excluding carboxylic acids is 1. The van der Waals surface area contributed by atoms with Crippen LogP contribution in [-0.2, 0) is 4.74 Å². The number of amides is 1. The average molecular weight is 279 g/mol. The van der Waals surface area contributed by atoms with E-state index in [0.717, 1.165) is 6.42 Å². The summed E-state index contributed by atoms with van der Waals surface area (Å²) in [4.78, 5) is 11.5. The van der Waals surface area contributed by atoms with Crippen LogP contribution in [0, 0.1) is 17.2 Å². The Hall–Kier alpha value is -1.96. The van der Waals surface area contributed by atoms with E-state index in [0.29, 0.717) is 17.8 Å². The van der Waals surface area contributed by atoms with Gasteiger partial charge >= 0.3 is 6.09 Å². The van der Waals surface area contributed by atoms with Crippen molar-refractivity contribution in [1.82, 2.24) is 5.32 Å². The second-order valence-electron chi connectivity index (χ2n) is 5.62. The smallest absolute Gasteiger partial charge is 0.407 e. The van der Waals surface area contributed by atoms with Gasteiger partial charge in [0.05, 0.1) is 5.57 Å². The van der Waals surface area contributed by atoms with Crippen molar-refractivity contribution in [2.45, 2.75) is 46.6 Å². The lowest BCUT2D eigenvalue weighted by atomic mass is 10.0. The van der Waals surface area contributed by atoms with E-state index in [4.69, 9.17) is 15.7 Å². The Morgan fingerprint density at radius 1 is 1.50 bits per heavy atom. The Balaban J connectivity index is 4.45. The van der Waals surface area contributed by atoms with Gasteiger partial charge in [-0.25, -0.2) is 4.79 Å². The zero-order chi connectivity index (χ0) is 15.8. The molecule has 0 heterocycles. The molecule has 1 atom stereocenters. The molecule has 5 heteroatoms. The number of nitrogens with zero attached hydrogens (tertiary/aromatic N) is 1. The topological polar surface area (TPSA) is 88.1 Å². The molecule has 0 saturated carbocycles. The van der Waals surface area contributed by atoms with Crippen LogP contribution in [0.3, 0.4) is 0 Å². The van der Waals surface area contributed by atoms with E-state index in [1.807, 2.05) is 39.8 Å². The number of hydrogen-bond acceptors (Lipinski definition) is 4. The molecule has 0 fully saturated rings. The Labute approximate surface area is 121 Å². The van der Waals surface area contributed by atoms with Crippen LogP contribution in [0.5, 0.6) is 0 Å². The lowest BCUT2D eigenvalue weighted by molar-refractivity contribution is 0.0522. The fourth-order valence-corrected chi connectivity index (χ4v) is 1.37. The number of rotatable bonds is 5. The SMILES string of the molecule is CCC(/C=C\C(C#N)=C(\C)N)CNC(=O)OC(C)(C)C. The van der Waals surface area contributed by atoms with Crippen molar-refractivity contribution >= 4 is 6.09 Å². The summed E-state index contributed by atoms with van der Waals surface area (Å²) in [6, 6.07) is 2.03. The summed E-state index contributed by atoms with van der Waals surface area (Å²) in [5, 5.41) is 11.6. The second-order valence-corrected chi connectivity index (χ2v) is 5.62. The van der Waals surface area contributed by atoms with Crippen LogP contribution in [0.1, 0.15) is 41.0 Å². The zero-order valence-electron chi connectivity index (χ0n) is 13.0. The van der Waals surface area contributed by atoms with E-state index >= 15 is 0 Å². The predicted molar refractivity (Wildman–Crippen MR) is 79.7 cm³/mol. The predicted octanol–water partition coefficient (Wildman–Crippen LogP) is 2.85. The van der Waals surface area contributed by atoms with Crippen molar-refractivity contribution in [3.8, 4) is 6.07 Å². The second kappa shape index (κ2) is 8.26. The highest BCUT2D eigenvalue weighted by Crippen LogP contribution is 2.09. The largest absolute Gasteiger partial charge is 0.444 e. The lowest BCUT2D eigenvalue weighted by Crippen LogP contribution is -2.34. The molecule has 0 aliphatic carbocycles. The maximum Gasteiger partial charge on any atom is 0.407 e. The Morgan fingerprint density at radius 3 is 2.50 bits per heavy atom. The van der Waals surface area contributed by atoms with Gasteiger partial charge in [0, 0.05) is 12.2 Å². The van der Waals surface area contributed by atoms with Gasteiger partial charge < -0.3 is 15.8 Å². The molecule has 0 saturated heterocycles. The summed E-state index contributed by atoms with van der Waals surface area (Å²) < 4.78 is 5.16. The van der Waals surface area contributed by atoms with Gasteiger partial charge in [-0.1, -0.05) is 13.0 Å². The van der Waals surface area contributed by atoms with Crippen molar-refractivity contribution in [2.75, 3.05) is 6.54 Å². The van der Waals surface area contributed by atoms with Crippen LogP contribution >= 0.6 is 0 Å². The zero-order valence-corrected chi connectivity index (χ0v) is 13.0. The van der Waals surface area contributed by atoms with Crippen LogP contribution < -0.4 is 11.1 Å². The molecule has 1 amide bonds. The Kier molecular flexibility index (Phi) is 7.45. The van der Waals surface area contributed by atoms with E-state index in [1.165, 1.54) is 0 Å². The molecule has 0 aliphatic heterocycles. The van der Waals surface area contributed by atoms with Crippen molar-refractivity contribution < 1.29 is 9.53 Å². The number of ether oxygens (including phenoxy) is 1. The molecule has 0 radical (unpaired) electrons. The first-order valence-electron chi connectivity index (χ1n) is 6.71. The third-order valence-corrected chi connectivity index (χ3v) is 2.51. The highest BCUT2D eigenvalue weighted by Gasteiger charge is 2.16. The summed E-state index contributed by atoms with van der Waals surface area (Å²) in [7, 11) is 0. The summed E-state index contributed by atoms with van der Waals surface area (Å²) >= 11 is 0. The van der Waals surface area contributed by atoms with Gasteiger partial charge in [-0.15, -0.1) is 0 Å². The summed E-state index contributed by atoms with van der Waals surface area (Å²) in [6.45, 7) is 9.61. The van der Waals surface area contributed by atoms with Crippen molar-refractivity contribution in [2.24, 2.45) is 11.7 Å². The highest BCUT2D eigenvalue weighted by atomic mass is 16.6. The molecule has 0 aliphatic rings. The third-order valence-electron chi connectivity index (χ3n) is 2.51. The molecular weight excluding hydrogens is 254 g/mol. The minimum atomic E-state index is -0.505. The molecule has 20 heavy (non-hydrogen) atoms. The average Bonchev–Trinajstić information content (AvgIpc) is 2.31. The molecule has 0 aromatic rings. The first-order chi connectivity index (χ1) is 9.19. The molecule has 0 aromatic heterocycles. The van der Waals surface area contributed by atoms with Crippen LogP contribution in [0.15, 0.2) is 23.4 Å². The number of hydrogen-bond donors (Lipinski definition) is 2. The van der Waals surface area contributed by atoms with E-state index in [1.54, 1.807) is 13.0 Å². The number of nitrogens with two attached hydrogens (primary N) is 1. The van der Waals surface area contributed by atoms with E-state index in [9.17, 15) is 4.79 Å². The fourth-order valence-electron chi connectivity index (χ4n) is 1.37. The fraction of sp³-hybridized carbons (Fsp3) is 0.600. The van der Waals surface area contributed by atoms with Gasteiger partial charge in [-0.3, -0.25) is 0 Å². The quantitative estimate of drug-likeness (QED) is 0.598. The summed E-state index contributed by atoms with van der Waals surface area (Å²) in [5.74, 6) is 0.130. The maximum atomic E-state index is 11.5. The minimum absolute atomic E-state index is 0.130. The highest BCUT2D eigenvalue weighted by molar-refractivity contribution is 5.67. The monoisotopic (exact) mass is 279 g/mol. The standard InChI is InChI=1S/C15H25N3O2/c1-6-12(7-8-13(9-16)11(2)17)10-18-14(19)20-15(3,4)5/h7-8,12H,6,10,17H2,1-5H3,(H,18,19)/b8-7-,13-11+. The number of nitrogens with one attached hydrogen (secondary N) is 1. The normalized spacial score (nSPS) is 14.4. The minimum Gasteiger partial charge on any atom is -0.444 e.